The van der Waals surface area contributed by atoms with Gasteiger partial charge < -0.3 is 15.2 Å². The molecule has 20 heavy (non-hydrogen) atoms. The van der Waals surface area contributed by atoms with Gasteiger partial charge in [0.05, 0.1) is 0 Å². The van der Waals surface area contributed by atoms with E-state index in [-0.39, 0.29) is 0 Å². The normalized spacial score (nSPS) is 14.8. The average molecular weight is 269 g/mol. The third-order valence-electron chi connectivity index (χ3n) is 3.63. The summed E-state index contributed by atoms with van der Waals surface area (Å²) in [7, 11) is 0. The van der Waals surface area contributed by atoms with Gasteiger partial charge in [0.2, 0.25) is 0 Å². The van der Waals surface area contributed by atoms with E-state index in [4.69, 9.17) is 15.2 Å². The zero-order valence-electron chi connectivity index (χ0n) is 11.4. The number of benzene rings is 2. The Kier molecular flexibility index (Phi) is 3.88. The van der Waals surface area contributed by atoms with E-state index < -0.39 is 0 Å². The summed E-state index contributed by atoms with van der Waals surface area (Å²) in [6.07, 6.45) is 0.920. The molecule has 1 atom stereocenters. The summed E-state index contributed by atoms with van der Waals surface area (Å²) in [4.78, 5) is 0. The van der Waals surface area contributed by atoms with Gasteiger partial charge in [-0.3, -0.25) is 0 Å². The van der Waals surface area contributed by atoms with Crippen molar-refractivity contribution in [2.45, 2.75) is 12.3 Å². The molecule has 0 bridgehead atoms. The number of ether oxygens (including phenoxy) is 2. The first-order chi connectivity index (χ1) is 9.88. The monoisotopic (exact) mass is 269 g/mol. The van der Waals surface area contributed by atoms with Crippen molar-refractivity contribution in [3.63, 3.8) is 0 Å². The van der Waals surface area contributed by atoms with Crippen LogP contribution < -0.4 is 15.2 Å². The summed E-state index contributed by atoms with van der Waals surface area (Å²) in [6, 6.07) is 16.7. The van der Waals surface area contributed by atoms with Crippen LogP contribution in [0.4, 0.5) is 0 Å². The van der Waals surface area contributed by atoms with E-state index in [0.29, 0.717) is 25.7 Å². The van der Waals surface area contributed by atoms with E-state index in [1.54, 1.807) is 0 Å². The molecule has 1 aliphatic heterocycles. The minimum atomic E-state index is 0.303. The zero-order chi connectivity index (χ0) is 13.8. The largest absolute Gasteiger partial charge is 0.486 e. The van der Waals surface area contributed by atoms with Crippen LogP contribution in [-0.4, -0.2) is 19.8 Å². The molecule has 1 aliphatic rings. The molecule has 0 saturated heterocycles. The Morgan fingerprint density at radius 2 is 1.65 bits per heavy atom. The SMILES string of the molecule is NCCC(c1ccccc1)c1ccc2c(c1)OCCO2. The molecule has 0 aromatic heterocycles. The number of hydrogen-bond acceptors (Lipinski definition) is 3. The van der Waals surface area contributed by atoms with Gasteiger partial charge in [-0.1, -0.05) is 36.4 Å². The highest BCUT2D eigenvalue weighted by atomic mass is 16.6. The van der Waals surface area contributed by atoms with E-state index in [0.717, 1.165) is 17.9 Å². The van der Waals surface area contributed by atoms with Gasteiger partial charge in [0.1, 0.15) is 13.2 Å². The molecule has 0 aliphatic carbocycles. The van der Waals surface area contributed by atoms with Gasteiger partial charge in [0.15, 0.2) is 11.5 Å². The maximum absolute atomic E-state index is 5.79. The Morgan fingerprint density at radius 3 is 2.40 bits per heavy atom. The van der Waals surface area contributed by atoms with Crippen LogP contribution in [0.25, 0.3) is 0 Å². The zero-order valence-corrected chi connectivity index (χ0v) is 11.4. The molecule has 3 nitrogen and oxygen atoms in total. The summed E-state index contributed by atoms with van der Waals surface area (Å²) in [6.45, 7) is 1.90. The summed E-state index contributed by atoms with van der Waals surface area (Å²) in [5.74, 6) is 1.98. The smallest absolute Gasteiger partial charge is 0.161 e. The number of nitrogens with two attached hydrogens (primary N) is 1. The highest BCUT2D eigenvalue weighted by Gasteiger charge is 2.17. The highest BCUT2D eigenvalue weighted by molar-refractivity contribution is 5.46. The fourth-order valence-electron chi connectivity index (χ4n) is 2.65. The van der Waals surface area contributed by atoms with Crippen LogP contribution in [0.1, 0.15) is 23.5 Å². The van der Waals surface area contributed by atoms with Gasteiger partial charge in [-0.15, -0.1) is 0 Å². The Bertz CT molecular complexity index is 568. The predicted octanol–water partition coefficient (Wildman–Crippen LogP) is 2.94. The molecule has 0 spiro atoms. The summed E-state index contributed by atoms with van der Waals surface area (Å²) in [5, 5.41) is 0. The van der Waals surface area contributed by atoms with Crippen molar-refractivity contribution < 1.29 is 9.47 Å². The Balaban J connectivity index is 1.95. The van der Waals surface area contributed by atoms with Crippen LogP contribution in [0, 0.1) is 0 Å². The third-order valence-corrected chi connectivity index (χ3v) is 3.63. The molecule has 2 N–H and O–H groups in total. The molecule has 0 radical (unpaired) electrons. The molecular weight excluding hydrogens is 250 g/mol. The molecule has 1 heterocycles. The van der Waals surface area contributed by atoms with Gasteiger partial charge in [0.25, 0.3) is 0 Å². The Morgan fingerprint density at radius 1 is 0.900 bits per heavy atom. The molecule has 3 heteroatoms. The topological polar surface area (TPSA) is 44.5 Å². The first-order valence-corrected chi connectivity index (χ1v) is 7.03. The Labute approximate surface area is 119 Å². The fourth-order valence-corrected chi connectivity index (χ4v) is 2.65. The van der Waals surface area contributed by atoms with Gasteiger partial charge in [-0.05, 0) is 36.2 Å². The molecule has 104 valence electrons. The van der Waals surface area contributed by atoms with Crippen molar-refractivity contribution in [2.24, 2.45) is 5.73 Å². The molecule has 1 unspecified atom stereocenters. The number of fused-ring (bicyclic) bond motifs is 1. The maximum Gasteiger partial charge on any atom is 0.161 e. The summed E-state index contributed by atoms with van der Waals surface area (Å²) in [5.41, 5.74) is 8.30. The lowest BCUT2D eigenvalue weighted by Crippen LogP contribution is -2.16. The van der Waals surface area contributed by atoms with Crippen molar-refractivity contribution in [3.8, 4) is 11.5 Å². The van der Waals surface area contributed by atoms with Crippen LogP contribution in [-0.2, 0) is 0 Å². The number of hydrogen-bond donors (Lipinski definition) is 1. The second kappa shape index (κ2) is 5.97. The van der Waals surface area contributed by atoms with E-state index in [9.17, 15) is 0 Å². The van der Waals surface area contributed by atoms with Crippen molar-refractivity contribution in [1.29, 1.82) is 0 Å². The second-order valence-corrected chi connectivity index (χ2v) is 4.94. The quantitative estimate of drug-likeness (QED) is 0.928. The third kappa shape index (κ3) is 2.63. The minimum absolute atomic E-state index is 0.303. The molecule has 0 fully saturated rings. The van der Waals surface area contributed by atoms with Crippen LogP contribution >= 0.6 is 0 Å². The fraction of sp³-hybridized carbons (Fsp3) is 0.294. The van der Waals surface area contributed by atoms with E-state index >= 15 is 0 Å². The van der Waals surface area contributed by atoms with Crippen molar-refractivity contribution in [1.82, 2.24) is 0 Å². The first-order valence-electron chi connectivity index (χ1n) is 7.03. The van der Waals surface area contributed by atoms with Gasteiger partial charge in [-0.2, -0.15) is 0 Å². The van der Waals surface area contributed by atoms with Gasteiger partial charge >= 0.3 is 0 Å². The predicted molar refractivity (Wildman–Crippen MR) is 79.4 cm³/mol. The molecule has 0 amide bonds. The lowest BCUT2D eigenvalue weighted by Gasteiger charge is -2.22. The average Bonchev–Trinajstić information content (AvgIpc) is 2.53. The molecular formula is C17H19NO2. The Hall–Kier alpha value is -2.00. The standard InChI is InChI=1S/C17H19NO2/c18-9-8-15(13-4-2-1-3-5-13)14-6-7-16-17(12-14)20-11-10-19-16/h1-7,12,15H,8-11,18H2. The molecule has 2 aromatic rings. The van der Waals surface area contributed by atoms with E-state index in [2.05, 4.69) is 36.4 Å². The van der Waals surface area contributed by atoms with Crippen LogP contribution in [0.3, 0.4) is 0 Å². The van der Waals surface area contributed by atoms with Crippen LogP contribution in [0.5, 0.6) is 11.5 Å². The summed E-state index contributed by atoms with van der Waals surface area (Å²) >= 11 is 0. The van der Waals surface area contributed by atoms with Crippen LogP contribution in [0.15, 0.2) is 48.5 Å². The van der Waals surface area contributed by atoms with Gasteiger partial charge in [0, 0.05) is 5.92 Å². The minimum Gasteiger partial charge on any atom is -0.486 e. The molecule has 0 saturated carbocycles. The first kappa shape index (κ1) is 13.0. The highest BCUT2D eigenvalue weighted by Crippen LogP contribution is 2.36. The van der Waals surface area contributed by atoms with Crippen molar-refractivity contribution in [3.05, 3.63) is 59.7 Å². The van der Waals surface area contributed by atoms with Crippen LogP contribution in [0.2, 0.25) is 0 Å². The van der Waals surface area contributed by atoms with Crippen molar-refractivity contribution in [2.75, 3.05) is 19.8 Å². The lowest BCUT2D eigenvalue weighted by molar-refractivity contribution is 0.171. The molecule has 2 aromatic carbocycles. The molecule has 3 rings (SSSR count). The maximum atomic E-state index is 5.79. The lowest BCUT2D eigenvalue weighted by atomic mass is 9.88. The number of rotatable bonds is 4. The van der Waals surface area contributed by atoms with E-state index in [1.165, 1.54) is 11.1 Å². The van der Waals surface area contributed by atoms with Gasteiger partial charge in [-0.25, -0.2) is 0 Å². The van der Waals surface area contributed by atoms with E-state index in [1.807, 2.05) is 12.1 Å². The van der Waals surface area contributed by atoms with Crippen molar-refractivity contribution >= 4 is 0 Å². The summed E-state index contributed by atoms with van der Waals surface area (Å²) < 4.78 is 11.2. The second-order valence-electron chi connectivity index (χ2n) is 4.94.